The Balaban J connectivity index is 1.29. The lowest BCUT2D eigenvalue weighted by Crippen LogP contribution is -2.15. The molecule has 208 valence electrons. The molecular formula is C33H27N5O4. The summed E-state index contributed by atoms with van der Waals surface area (Å²) in [5.74, 6) is 3.11. The average Bonchev–Trinajstić information content (AvgIpc) is 3.47. The molecule has 0 spiro atoms. The summed E-state index contributed by atoms with van der Waals surface area (Å²) in [6.07, 6.45) is 1.62. The summed E-state index contributed by atoms with van der Waals surface area (Å²) in [4.78, 5) is 15.2. The normalized spacial score (nSPS) is 14.3. The van der Waals surface area contributed by atoms with Crippen molar-refractivity contribution in [3.8, 4) is 23.1 Å². The van der Waals surface area contributed by atoms with Crippen LogP contribution in [0.4, 0.5) is 0 Å². The van der Waals surface area contributed by atoms with Gasteiger partial charge in [0, 0.05) is 11.5 Å². The number of hydrogen-bond acceptors (Lipinski definition) is 8. The van der Waals surface area contributed by atoms with E-state index in [2.05, 4.69) is 45.6 Å². The van der Waals surface area contributed by atoms with Crippen molar-refractivity contribution in [2.24, 2.45) is 5.16 Å². The molecule has 7 rings (SSSR count). The van der Waals surface area contributed by atoms with Gasteiger partial charge in [0.1, 0.15) is 23.6 Å². The lowest BCUT2D eigenvalue weighted by atomic mass is 9.81. The first-order valence-electron chi connectivity index (χ1n) is 13.5. The number of aromatic nitrogens is 4. The fourth-order valence-corrected chi connectivity index (χ4v) is 5.41. The van der Waals surface area contributed by atoms with Gasteiger partial charge in [-0.3, -0.25) is 0 Å². The minimum atomic E-state index is -0.203. The predicted molar refractivity (Wildman–Crippen MR) is 159 cm³/mol. The largest absolute Gasteiger partial charge is 0.497 e. The van der Waals surface area contributed by atoms with E-state index in [1.165, 1.54) is 0 Å². The molecule has 0 radical (unpaired) electrons. The van der Waals surface area contributed by atoms with Crippen molar-refractivity contribution >= 4 is 22.1 Å². The molecule has 0 N–H and O–H groups in total. The number of hydrogen-bond donors (Lipinski definition) is 0. The van der Waals surface area contributed by atoms with Crippen molar-refractivity contribution < 1.29 is 19.0 Å². The van der Waals surface area contributed by atoms with Gasteiger partial charge in [-0.05, 0) is 71.3 Å². The van der Waals surface area contributed by atoms with Gasteiger partial charge in [0.25, 0.3) is 0 Å². The van der Waals surface area contributed by atoms with Crippen LogP contribution in [0, 0.1) is 0 Å². The zero-order valence-electron chi connectivity index (χ0n) is 23.3. The van der Waals surface area contributed by atoms with Crippen LogP contribution >= 0.6 is 0 Å². The highest BCUT2D eigenvalue weighted by atomic mass is 16.6. The van der Waals surface area contributed by atoms with E-state index in [0.29, 0.717) is 17.4 Å². The molecule has 1 aliphatic rings. The monoisotopic (exact) mass is 557 g/mol. The highest BCUT2D eigenvalue weighted by Gasteiger charge is 2.34. The van der Waals surface area contributed by atoms with Crippen molar-refractivity contribution in [2.45, 2.75) is 19.4 Å². The van der Waals surface area contributed by atoms with E-state index >= 15 is 0 Å². The van der Waals surface area contributed by atoms with Gasteiger partial charge >= 0.3 is 0 Å². The molecule has 0 fully saturated rings. The first-order chi connectivity index (χ1) is 20.6. The number of oxime groups is 1. The molecule has 3 heterocycles. The van der Waals surface area contributed by atoms with Crippen LogP contribution in [-0.4, -0.2) is 39.5 Å². The number of ether oxygens (including phenoxy) is 3. The molecule has 1 atom stereocenters. The van der Waals surface area contributed by atoms with Crippen LogP contribution in [0.5, 0.6) is 23.1 Å². The van der Waals surface area contributed by atoms with E-state index in [4.69, 9.17) is 24.0 Å². The third-order valence-corrected chi connectivity index (χ3v) is 7.50. The van der Waals surface area contributed by atoms with E-state index in [-0.39, 0.29) is 12.5 Å². The molecule has 0 amide bonds. The summed E-state index contributed by atoms with van der Waals surface area (Å²) < 4.78 is 18.7. The average molecular weight is 558 g/mol. The van der Waals surface area contributed by atoms with Gasteiger partial charge in [-0.15, -0.1) is 5.10 Å². The zero-order chi connectivity index (χ0) is 28.6. The molecular weight excluding hydrogens is 530 g/mol. The van der Waals surface area contributed by atoms with E-state index in [0.717, 1.165) is 56.0 Å². The van der Waals surface area contributed by atoms with Crippen LogP contribution in [0.25, 0.3) is 16.4 Å². The number of fused-ring (bicyclic) bond motifs is 6. The molecule has 4 aromatic carbocycles. The standard InChI is InChI=1S/C33H27N5O4/c1-20(21-8-13-24(39-2)14-9-21)37-41-18-28-35-32-31-29(23-10-15-25(40-3)16-11-23)30-26-7-5-4-6-22(26)12-17-27(30)42-33(31)34-19-38(32)36-28/h4-17,19,29H,18H2,1-3H3/b37-20-. The quantitative estimate of drug-likeness (QED) is 0.163. The summed E-state index contributed by atoms with van der Waals surface area (Å²) in [6, 6.07) is 28.1. The fraction of sp³-hybridized carbons (Fsp3) is 0.152. The Bertz CT molecular complexity index is 1950. The van der Waals surface area contributed by atoms with Gasteiger partial charge in [0.15, 0.2) is 18.1 Å². The Kier molecular flexibility index (Phi) is 6.39. The van der Waals surface area contributed by atoms with Crippen LogP contribution in [0.1, 0.15) is 40.9 Å². The molecule has 9 heteroatoms. The highest BCUT2D eigenvalue weighted by molar-refractivity contribution is 5.98. The Morgan fingerprint density at radius 1 is 0.881 bits per heavy atom. The van der Waals surface area contributed by atoms with Gasteiger partial charge in [-0.1, -0.05) is 47.6 Å². The third kappa shape index (κ3) is 4.45. The first kappa shape index (κ1) is 25.5. The van der Waals surface area contributed by atoms with Crippen molar-refractivity contribution in [3.05, 3.63) is 119 Å². The smallest absolute Gasteiger partial charge is 0.228 e. The molecule has 42 heavy (non-hydrogen) atoms. The second kappa shape index (κ2) is 10.5. The summed E-state index contributed by atoms with van der Waals surface area (Å²) in [5.41, 5.74) is 5.27. The predicted octanol–water partition coefficient (Wildman–Crippen LogP) is 6.52. The van der Waals surface area contributed by atoms with Crippen LogP contribution in [0.2, 0.25) is 0 Å². The second-order valence-electron chi connectivity index (χ2n) is 9.94. The van der Waals surface area contributed by atoms with E-state index in [9.17, 15) is 0 Å². The van der Waals surface area contributed by atoms with Crippen molar-refractivity contribution in [1.29, 1.82) is 0 Å². The Morgan fingerprint density at radius 2 is 1.62 bits per heavy atom. The topological polar surface area (TPSA) is 92.4 Å². The molecule has 1 unspecified atom stereocenters. The molecule has 0 saturated heterocycles. The van der Waals surface area contributed by atoms with Gasteiger partial charge < -0.3 is 19.0 Å². The van der Waals surface area contributed by atoms with Gasteiger partial charge in [0.05, 0.1) is 25.5 Å². The van der Waals surface area contributed by atoms with Crippen molar-refractivity contribution in [3.63, 3.8) is 0 Å². The van der Waals surface area contributed by atoms with Crippen molar-refractivity contribution in [1.82, 2.24) is 19.6 Å². The maximum Gasteiger partial charge on any atom is 0.228 e. The van der Waals surface area contributed by atoms with E-state index in [1.807, 2.05) is 61.5 Å². The zero-order valence-corrected chi connectivity index (χ0v) is 23.3. The van der Waals surface area contributed by atoms with Gasteiger partial charge in [-0.25, -0.2) is 14.5 Å². The molecule has 9 nitrogen and oxygen atoms in total. The third-order valence-electron chi connectivity index (χ3n) is 7.50. The minimum absolute atomic E-state index is 0.0948. The van der Waals surface area contributed by atoms with Crippen LogP contribution in [-0.2, 0) is 11.4 Å². The Morgan fingerprint density at radius 3 is 2.38 bits per heavy atom. The second-order valence-corrected chi connectivity index (χ2v) is 9.94. The summed E-state index contributed by atoms with van der Waals surface area (Å²) in [5, 5.41) is 11.2. The van der Waals surface area contributed by atoms with Crippen molar-refractivity contribution in [2.75, 3.05) is 14.2 Å². The lowest BCUT2D eigenvalue weighted by molar-refractivity contribution is 0.125. The molecule has 6 aromatic rings. The highest BCUT2D eigenvalue weighted by Crippen LogP contribution is 2.50. The van der Waals surface area contributed by atoms with Crippen LogP contribution in [0.15, 0.2) is 96.4 Å². The van der Waals surface area contributed by atoms with E-state index in [1.54, 1.807) is 25.1 Å². The number of methoxy groups -OCH3 is 2. The molecule has 0 aliphatic carbocycles. The molecule has 2 aromatic heterocycles. The molecule has 0 saturated carbocycles. The number of benzene rings is 4. The Hall–Kier alpha value is -5.44. The summed E-state index contributed by atoms with van der Waals surface area (Å²) >= 11 is 0. The van der Waals surface area contributed by atoms with Gasteiger partial charge in [-0.2, -0.15) is 0 Å². The maximum absolute atomic E-state index is 6.40. The number of rotatable bonds is 7. The fourth-order valence-electron chi connectivity index (χ4n) is 5.41. The van der Waals surface area contributed by atoms with E-state index < -0.39 is 0 Å². The van der Waals surface area contributed by atoms with Crippen LogP contribution < -0.4 is 14.2 Å². The summed E-state index contributed by atoms with van der Waals surface area (Å²) in [6.45, 7) is 1.98. The minimum Gasteiger partial charge on any atom is -0.497 e. The lowest BCUT2D eigenvalue weighted by Gasteiger charge is -2.29. The van der Waals surface area contributed by atoms with Gasteiger partial charge in [0.2, 0.25) is 5.88 Å². The maximum atomic E-state index is 6.40. The molecule has 1 aliphatic heterocycles. The molecule has 0 bridgehead atoms. The van der Waals surface area contributed by atoms with Crippen LogP contribution in [0.3, 0.4) is 0 Å². The number of nitrogens with zero attached hydrogens (tertiary/aromatic N) is 5. The summed E-state index contributed by atoms with van der Waals surface area (Å²) in [7, 11) is 3.30. The Labute approximate surface area is 242 Å². The first-order valence-corrected chi connectivity index (χ1v) is 13.5. The SMILES string of the molecule is COc1ccc(/C(C)=N\OCc2nc3c4c(ncn3n2)Oc2ccc3ccccc3c2C4c2ccc(OC)cc2)cc1.